The molecule has 0 amide bonds. The molecule has 0 aliphatic heterocycles. The Kier molecular flexibility index (Phi) is 2.90. The molecule has 3 heteroatoms. The topological polar surface area (TPSA) is 54.4 Å². The predicted molar refractivity (Wildman–Crippen MR) is 74.7 cm³/mol. The Labute approximate surface area is 116 Å². The molecule has 1 unspecified atom stereocenters. The molecule has 0 aromatic heterocycles. The molecule has 1 atom stereocenters. The molecule has 2 aromatic carbocycles. The van der Waals surface area contributed by atoms with Crippen LogP contribution in [0.1, 0.15) is 21.5 Å². The van der Waals surface area contributed by atoms with Gasteiger partial charge in [0, 0.05) is 5.56 Å². The minimum absolute atomic E-state index is 0.233. The first-order chi connectivity index (χ1) is 9.63. The molecule has 0 saturated heterocycles. The molecule has 0 heterocycles. The van der Waals surface area contributed by atoms with Gasteiger partial charge in [-0.1, -0.05) is 54.6 Å². The van der Waals surface area contributed by atoms with Crippen LogP contribution in [0, 0.1) is 5.41 Å². The highest BCUT2D eigenvalue weighted by Crippen LogP contribution is 2.39. The third-order valence-electron chi connectivity index (χ3n) is 3.95. The second-order valence-corrected chi connectivity index (χ2v) is 5.21. The molecule has 0 bridgehead atoms. The van der Waals surface area contributed by atoms with Crippen LogP contribution in [0.15, 0.2) is 54.6 Å². The smallest absolute Gasteiger partial charge is 0.318 e. The highest BCUT2D eigenvalue weighted by molar-refractivity contribution is 6.15. The fourth-order valence-electron chi connectivity index (χ4n) is 2.89. The summed E-state index contributed by atoms with van der Waals surface area (Å²) < 4.78 is 0. The van der Waals surface area contributed by atoms with Gasteiger partial charge >= 0.3 is 5.97 Å². The van der Waals surface area contributed by atoms with E-state index < -0.39 is 11.4 Å². The van der Waals surface area contributed by atoms with E-state index in [1.54, 1.807) is 12.1 Å². The van der Waals surface area contributed by atoms with E-state index in [2.05, 4.69) is 0 Å². The van der Waals surface area contributed by atoms with Crippen LogP contribution in [0.25, 0.3) is 0 Å². The van der Waals surface area contributed by atoms with Crippen molar-refractivity contribution in [1.29, 1.82) is 0 Å². The quantitative estimate of drug-likeness (QED) is 0.869. The minimum atomic E-state index is -1.36. The van der Waals surface area contributed by atoms with Crippen LogP contribution in [-0.2, 0) is 17.6 Å². The average Bonchev–Trinajstić information content (AvgIpc) is 2.75. The molecular weight excluding hydrogens is 252 g/mol. The van der Waals surface area contributed by atoms with Gasteiger partial charge in [0.2, 0.25) is 0 Å². The molecule has 1 N–H and O–H groups in total. The zero-order valence-corrected chi connectivity index (χ0v) is 10.9. The monoisotopic (exact) mass is 266 g/mol. The van der Waals surface area contributed by atoms with Gasteiger partial charge in [-0.2, -0.15) is 0 Å². The summed E-state index contributed by atoms with van der Waals surface area (Å²) in [6.45, 7) is 0. The number of hydrogen-bond donors (Lipinski definition) is 1. The van der Waals surface area contributed by atoms with Crippen LogP contribution in [-0.4, -0.2) is 16.9 Å². The number of carboxylic acids is 1. The lowest BCUT2D eigenvalue weighted by atomic mass is 9.78. The third-order valence-corrected chi connectivity index (χ3v) is 3.95. The van der Waals surface area contributed by atoms with E-state index in [-0.39, 0.29) is 18.6 Å². The van der Waals surface area contributed by atoms with E-state index in [9.17, 15) is 14.7 Å². The number of Topliss-reactive ketones (excluding diaryl/α,β-unsaturated/α-hetero) is 1. The van der Waals surface area contributed by atoms with Gasteiger partial charge in [0.05, 0.1) is 0 Å². The zero-order valence-electron chi connectivity index (χ0n) is 10.9. The number of hydrogen-bond acceptors (Lipinski definition) is 2. The highest BCUT2D eigenvalue weighted by Gasteiger charge is 2.51. The van der Waals surface area contributed by atoms with Crippen molar-refractivity contribution >= 4 is 11.8 Å². The number of carbonyl (C=O) groups excluding carboxylic acids is 1. The molecule has 3 nitrogen and oxygen atoms in total. The maximum absolute atomic E-state index is 12.6. The first-order valence-corrected chi connectivity index (χ1v) is 6.53. The van der Waals surface area contributed by atoms with Gasteiger partial charge in [0.1, 0.15) is 5.41 Å². The molecular formula is C17H14O3. The van der Waals surface area contributed by atoms with E-state index in [0.717, 1.165) is 11.1 Å². The van der Waals surface area contributed by atoms with E-state index >= 15 is 0 Å². The molecule has 0 radical (unpaired) electrons. The lowest BCUT2D eigenvalue weighted by Gasteiger charge is -2.22. The molecule has 0 saturated carbocycles. The summed E-state index contributed by atoms with van der Waals surface area (Å²) in [6, 6.07) is 16.5. The number of fused-ring (bicyclic) bond motifs is 1. The number of aliphatic carboxylic acids is 1. The largest absolute Gasteiger partial charge is 0.480 e. The van der Waals surface area contributed by atoms with Crippen LogP contribution < -0.4 is 0 Å². The Morgan fingerprint density at radius 1 is 1.05 bits per heavy atom. The summed E-state index contributed by atoms with van der Waals surface area (Å²) in [5.74, 6) is -1.31. The molecule has 1 aliphatic rings. The Morgan fingerprint density at radius 3 is 2.35 bits per heavy atom. The van der Waals surface area contributed by atoms with E-state index in [0.29, 0.717) is 5.56 Å². The van der Waals surface area contributed by atoms with E-state index in [1.807, 2.05) is 42.5 Å². The Morgan fingerprint density at radius 2 is 1.70 bits per heavy atom. The number of benzene rings is 2. The predicted octanol–water partition coefficient (Wildman–Crippen LogP) is 2.74. The van der Waals surface area contributed by atoms with Crippen molar-refractivity contribution in [2.45, 2.75) is 12.8 Å². The molecule has 3 rings (SSSR count). The summed E-state index contributed by atoms with van der Waals surface area (Å²) in [7, 11) is 0. The maximum atomic E-state index is 12.6. The van der Waals surface area contributed by atoms with Gasteiger partial charge in [-0.05, 0) is 24.0 Å². The molecule has 0 fully saturated rings. The van der Waals surface area contributed by atoms with Crippen molar-refractivity contribution in [2.75, 3.05) is 0 Å². The second-order valence-electron chi connectivity index (χ2n) is 5.21. The summed E-state index contributed by atoms with van der Waals surface area (Å²) in [5, 5.41) is 9.65. The average molecular weight is 266 g/mol. The number of ketones is 1. The second kappa shape index (κ2) is 4.60. The number of carboxylic acid groups (broad SMARTS) is 1. The molecule has 20 heavy (non-hydrogen) atoms. The van der Waals surface area contributed by atoms with Crippen molar-refractivity contribution in [3.63, 3.8) is 0 Å². The summed E-state index contributed by atoms with van der Waals surface area (Å²) in [6.07, 6.45) is 0.503. The van der Waals surface area contributed by atoms with Crippen molar-refractivity contribution < 1.29 is 14.7 Å². The minimum Gasteiger partial charge on any atom is -0.480 e. The first kappa shape index (κ1) is 12.6. The summed E-state index contributed by atoms with van der Waals surface area (Å²) in [4.78, 5) is 24.4. The maximum Gasteiger partial charge on any atom is 0.318 e. The van der Waals surface area contributed by atoms with Crippen molar-refractivity contribution in [2.24, 2.45) is 5.41 Å². The van der Waals surface area contributed by atoms with Crippen molar-refractivity contribution in [1.82, 2.24) is 0 Å². The van der Waals surface area contributed by atoms with Gasteiger partial charge in [-0.3, -0.25) is 9.59 Å². The summed E-state index contributed by atoms with van der Waals surface area (Å²) >= 11 is 0. The highest BCUT2D eigenvalue weighted by atomic mass is 16.4. The SMILES string of the molecule is O=C(O)C1(Cc2ccccc2)Cc2ccccc2C1=O. The fraction of sp³-hybridized carbons (Fsp3) is 0.176. The Bertz CT molecular complexity index is 676. The molecule has 1 aliphatic carbocycles. The lowest BCUT2D eigenvalue weighted by Crippen LogP contribution is -2.39. The van der Waals surface area contributed by atoms with E-state index in [4.69, 9.17) is 0 Å². The van der Waals surface area contributed by atoms with Gasteiger partial charge < -0.3 is 5.11 Å². The van der Waals surface area contributed by atoms with Crippen LogP contribution in [0.5, 0.6) is 0 Å². The van der Waals surface area contributed by atoms with Gasteiger partial charge in [0.15, 0.2) is 5.78 Å². The van der Waals surface area contributed by atoms with Crippen LogP contribution in [0.4, 0.5) is 0 Å². The van der Waals surface area contributed by atoms with Crippen LogP contribution in [0.2, 0.25) is 0 Å². The van der Waals surface area contributed by atoms with Crippen molar-refractivity contribution in [3.8, 4) is 0 Å². The standard InChI is InChI=1S/C17H14O3/c18-15-14-9-5-4-8-13(14)11-17(15,16(19)20)10-12-6-2-1-3-7-12/h1-9H,10-11H2,(H,19,20). The van der Waals surface area contributed by atoms with Gasteiger partial charge in [0.25, 0.3) is 0 Å². The molecule has 100 valence electrons. The summed E-state index contributed by atoms with van der Waals surface area (Å²) in [5.41, 5.74) is 0.892. The fourth-order valence-corrected chi connectivity index (χ4v) is 2.89. The van der Waals surface area contributed by atoms with E-state index in [1.165, 1.54) is 0 Å². The lowest BCUT2D eigenvalue weighted by molar-refractivity contribution is -0.145. The number of carbonyl (C=O) groups is 2. The van der Waals surface area contributed by atoms with Crippen LogP contribution in [0.3, 0.4) is 0 Å². The van der Waals surface area contributed by atoms with Crippen molar-refractivity contribution in [3.05, 3.63) is 71.3 Å². The van der Waals surface area contributed by atoms with Crippen LogP contribution >= 0.6 is 0 Å². The zero-order chi connectivity index (χ0) is 14.2. The van der Waals surface area contributed by atoms with Gasteiger partial charge in [-0.15, -0.1) is 0 Å². The Balaban J connectivity index is 2.04. The normalized spacial score (nSPS) is 20.7. The number of rotatable bonds is 3. The van der Waals surface area contributed by atoms with Gasteiger partial charge in [-0.25, -0.2) is 0 Å². The first-order valence-electron chi connectivity index (χ1n) is 6.53. The molecule has 2 aromatic rings. The Hall–Kier alpha value is -2.42. The molecule has 0 spiro atoms. The third kappa shape index (κ3) is 1.83.